The Hall–Kier alpha value is -3.00. The normalized spacial score (nSPS) is 15.2. The van der Waals surface area contributed by atoms with Gasteiger partial charge in [-0.3, -0.25) is 0 Å². The van der Waals surface area contributed by atoms with Crippen LogP contribution in [-0.2, 0) is 9.84 Å². The van der Waals surface area contributed by atoms with Crippen LogP contribution >= 0.6 is 0 Å². The maximum absolute atomic E-state index is 13.0. The van der Waals surface area contributed by atoms with Crippen molar-refractivity contribution >= 4 is 26.7 Å². The molecule has 0 spiro atoms. The lowest BCUT2D eigenvalue weighted by Gasteiger charge is -2.21. The van der Waals surface area contributed by atoms with Crippen LogP contribution in [0.25, 0.3) is 10.9 Å². The number of hydrogen-bond donors (Lipinski definition) is 3. The van der Waals surface area contributed by atoms with E-state index in [0.29, 0.717) is 22.4 Å². The lowest BCUT2D eigenvalue weighted by Crippen LogP contribution is -2.19. The molecule has 8 heteroatoms. The Bertz CT molecular complexity index is 1290. The number of hydrogen-bond acceptors (Lipinski definition) is 5. The molecule has 170 valence electrons. The fourth-order valence-electron chi connectivity index (χ4n) is 4.55. The molecule has 0 atom stereocenters. The molecule has 7 nitrogen and oxygen atoms in total. The first-order valence-electron chi connectivity index (χ1n) is 10.8. The van der Waals surface area contributed by atoms with E-state index in [4.69, 9.17) is 4.74 Å². The number of ether oxygens (including phenoxy) is 1. The van der Waals surface area contributed by atoms with Gasteiger partial charge < -0.3 is 19.9 Å². The molecule has 1 heterocycles. The van der Waals surface area contributed by atoms with E-state index in [1.165, 1.54) is 18.2 Å². The molecular formula is C24H27NO6S. The van der Waals surface area contributed by atoms with Gasteiger partial charge in [-0.05, 0) is 62.4 Å². The molecule has 3 aromatic rings. The zero-order valence-electron chi connectivity index (χ0n) is 18.1. The van der Waals surface area contributed by atoms with Crippen LogP contribution in [0.15, 0.2) is 35.2 Å². The van der Waals surface area contributed by atoms with E-state index in [1.54, 1.807) is 12.1 Å². The van der Waals surface area contributed by atoms with Gasteiger partial charge in [-0.2, -0.15) is 0 Å². The second-order valence-corrected chi connectivity index (χ2v) is 10.6. The van der Waals surface area contributed by atoms with Crippen LogP contribution in [0.1, 0.15) is 53.7 Å². The summed E-state index contributed by atoms with van der Waals surface area (Å²) >= 11 is 0. The highest BCUT2D eigenvalue weighted by Crippen LogP contribution is 2.37. The molecule has 0 amide bonds. The summed E-state index contributed by atoms with van der Waals surface area (Å²) in [5.41, 5.74) is 2.28. The number of phenolic OH excluding ortho intramolecular Hbond substituents is 1. The number of benzene rings is 2. The molecule has 0 saturated heterocycles. The van der Waals surface area contributed by atoms with E-state index in [0.717, 1.165) is 43.2 Å². The van der Waals surface area contributed by atoms with Crippen molar-refractivity contribution in [1.82, 2.24) is 4.98 Å². The van der Waals surface area contributed by atoms with Gasteiger partial charge >= 0.3 is 5.97 Å². The van der Waals surface area contributed by atoms with E-state index in [9.17, 15) is 23.4 Å². The summed E-state index contributed by atoms with van der Waals surface area (Å²) < 4.78 is 32.1. The Morgan fingerprint density at radius 1 is 1.12 bits per heavy atom. The minimum Gasteiger partial charge on any atom is -0.507 e. The number of H-pyrrole nitrogens is 1. The third-order valence-electron chi connectivity index (χ3n) is 6.21. The zero-order valence-corrected chi connectivity index (χ0v) is 19.0. The SMILES string of the molecule is Cc1cc2[nH]c(C(=O)O)cc2c(C)c1Oc1ccc(O)c(S(=O)(=O)CC2CCCCC2)c1. The summed E-state index contributed by atoms with van der Waals surface area (Å²) in [4.78, 5) is 14.1. The van der Waals surface area contributed by atoms with E-state index in [2.05, 4.69) is 4.98 Å². The Labute approximate surface area is 187 Å². The minimum absolute atomic E-state index is 0.0232. The van der Waals surface area contributed by atoms with Crippen molar-refractivity contribution in [2.45, 2.75) is 50.8 Å². The Morgan fingerprint density at radius 2 is 1.84 bits per heavy atom. The topological polar surface area (TPSA) is 117 Å². The lowest BCUT2D eigenvalue weighted by atomic mass is 9.91. The molecule has 3 N–H and O–H groups in total. The number of aromatic amines is 1. The molecule has 32 heavy (non-hydrogen) atoms. The smallest absolute Gasteiger partial charge is 0.352 e. The first-order chi connectivity index (χ1) is 15.2. The number of aromatic nitrogens is 1. The van der Waals surface area contributed by atoms with Crippen LogP contribution in [0.5, 0.6) is 17.2 Å². The Morgan fingerprint density at radius 3 is 2.53 bits per heavy atom. The Kier molecular flexibility index (Phi) is 5.90. The fraction of sp³-hybridized carbons (Fsp3) is 0.375. The molecule has 0 aliphatic heterocycles. The van der Waals surface area contributed by atoms with Gasteiger partial charge in [0.25, 0.3) is 0 Å². The molecule has 2 aromatic carbocycles. The lowest BCUT2D eigenvalue weighted by molar-refractivity contribution is 0.0691. The number of phenols is 1. The van der Waals surface area contributed by atoms with E-state index in [1.807, 2.05) is 13.8 Å². The summed E-state index contributed by atoms with van der Waals surface area (Å²) in [7, 11) is -3.67. The molecule has 0 bridgehead atoms. The second kappa shape index (κ2) is 8.50. The van der Waals surface area contributed by atoms with Crippen LogP contribution in [0.4, 0.5) is 0 Å². The maximum atomic E-state index is 13.0. The first kappa shape index (κ1) is 22.2. The van der Waals surface area contributed by atoms with E-state index < -0.39 is 15.8 Å². The number of carboxylic acid groups (broad SMARTS) is 1. The standard InChI is InChI=1S/C24H27NO6S/c1-14-10-19-18(12-20(25-19)24(27)28)15(2)23(14)31-17-8-9-21(26)22(11-17)32(29,30)13-16-6-4-3-5-7-16/h8-12,16,25-26H,3-7,13H2,1-2H3,(H,27,28). The number of rotatable bonds is 6. The minimum atomic E-state index is -3.67. The van der Waals surface area contributed by atoms with Crippen molar-refractivity contribution in [2.75, 3.05) is 5.75 Å². The van der Waals surface area contributed by atoms with E-state index in [-0.39, 0.29) is 28.0 Å². The van der Waals surface area contributed by atoms with Crippen molar-refractivity contribution < 1.29 is 28.2 Å². The first-order valence-corrected chi connectivity index (χ1v) is 12.4. The molecular weight excluding hydrogens is 430 g/mol. The third-order valence-corrected chi connectivity index (χ3v) is 8.12. The number of aryl methyl sites for hydroxylation is 2. The van der Waals surface area contributed by atoms with Crippen LogP contribution in [0.2, 0.25) is 0 Å². The Balaban J connectivity index is 1.67. The van der Waals surface area contributed by atoms with Crippen molar-refractivity contribution in [2.24, 2.45) is 5.92 Å². The third kappa shape index (κ3) is 4.32. The number of nitrogens with one attached hydrogen (secondary N) is 1. The van der Waals surface area contributed by atoms with Crippen molar-refractivity contribution in [1.29, 1.82) is 0 Å². The van der Waals surface area contributed by atoms with Gasteiger partial charge in [0.15, 0.2) is 9.84 Å². The van der Waals surface area contributed by atoms with Crippen LogP contribution < -0.4 is 4.74 Å². The summed E-state index contributed by atoms with van der Waals surface area (Å²) in [6, 6.07) is 7.58. The average Bonchev–Trinajstić information content (AvgIpc) is 3.17. The number of aromatic hydroxyl groups is 1. The van der Waals surface area contributed by atoms with Gasteiger partial charge in [-0.15, -0.1) is 0 Å². The van der Waals surface area contributed by atoms with Crippen molar-refractivity contribution in [3.05, 3.63) is 47.2 Å². The number of carboxylic acids is 1. The second-order valence-electron chi connectivity index (χ2n) is 8.61. The number of sulfone groups is 1. The highest BCUT2D eigenvalue weighted by molar-refractivity contribution is 7.91. The van der Waals surface area contributed by atoms with Crippen molar-refractivity contribution in [3.63, 3.8) is 0 Å². The highest BCUT2D eigenvalue weighted by atomic mass is 32.2. The largest absolute Gasteiger partial charge is 0.507 e. The summed E-state index contributed by atoms with van der Waals surface area (Å²) in [5, 5.41) is 20.2. The summed E-state index contributed by atoms with van der Waals surface area (Å²) in [5.74, 6) is -0.378. The van der Waals surface area contributed by atoms with Gasteiger partial charge in [0.1, 0.15) is 27.8 Å². The van der Waals surface area contributed by atoms with Gasteiger partial charge in [-0.25, -0.2) is 13.2 Å². The van der Waals surface area contributed by atoms with Crippen LogP contribution in [0.3, 0.4) is 0 Å². The molecule has 1 fully saturated rings. The molecule has 0 unspecified atom stereocenters. The molecule has 1 aliphatic rings. The summed E-state index contributed by atoms with van der Waals surface area (Å²) in [6.45, 7) is 3.66. The van der Waals surface area contributed by atoms with Gasteiger partial charge in [-0.1, -0.05) is 19.3 Å². The van der Waals surface area contributed by atoms with Gasteiger partial charge in [0, 0.05) is 22.5 Å². The van der Waals surface area contributed by atoms with E-state index >= 15 is 0 Å². The van der Waals surface area contributed by atoms with Crippen LogP contribution in [0, 0.1) is 19.8 Å². The summed E-state index contributed by atoms with van der Waals surface area (Å²) in [6.07, 6.45) is 5.01. The molecule has 0 radical (unpaired) electrons. The maximum Gasteiger partial charge on any atom is 0.352 e. The average molecular weight is 458 g/mol. The molecule has 1 aliphatic carbocycles. The predicted octanol–water partition coefficient (Wildman–Crippen LogP) is 5.33. The number of fused-ring (bicyclic) bond motifs is 1. The molecule has 4 rings (SSSR count). The van der Waals surface area contributed by atoms with Gasteiger partial charge in [0.05, 0.1) is 5.75 Å². The molecule has 1 aromatic heterocycles. The van der Waals surface area contributed by atoms with Crippen LogP contribution in [-0.4, -0.2) is 35.3 Å². The monoisotopic (exact) mass is 457 g/mol. The fourth-order valence-corrected chi connectivity index (χ4v) is 6.36. The number of carbonyl (C=O) groups is 1. The van der Waals surface area contributed by atoms with Gasteiger partial charge in [0.2, 0.25) is 0 Å². The predicted molar refractivity (Wildman–Crippen MR) is 122 cm³/mol. The van der Waals surface area contributed by atoms with Crippen molar-refractivity contribution in [3.8, 4) is 17.2 Å². The molecule has 1 saturated carbocycles. The zero-order chi connectivity index (χ0) is 23.0. The highest BCUT2D eigenvalue weighted by Gasteiger charge is 2.26. The quantitative estimate of drug-likeness (QED) is 0.460. The number of aromatic carboxylic acids is 1.